The van der Waals surface area contributed by atoms with E-state index < -0.39 is 30.8 Å². The van der Waals surface area contributed by atoms with Crippen molar-refractivity contribution >= 4 is 23.1 Å². The lowest BCUT2D eigenvalue weighted by atomic mass is 10.1. The van der Waals surface area contributed by atoms with Crippen molar-refractivity contribution in [2.75, 3.05) is 24.7 Å². The van der Waals surface area contributed by atoms with Gasteiger partial charge in [-0.3, -0.25) is 9.48 Å². The minimum absolute atomic E-state index is 0.122. The molecule has 0 radical (unpaired) electrons. The smallest absolute Gasteiger partial charge is 0.408 e. The molecule has 0 saturated heterocycles. The second-order valence-electron chi connectivity index (χ2n) is 6.61. The number of aryl methyl sites for hydroxylation is 1. The van der Waals surface area contributed by atoms with Crippen LogP contribution in [-0.4, -0.2) is 57.2 Å². The molecule has 2 heterocycles. The number of amides is 1. The molecule has 3 N–H and O–H groups in total. The second-order valence-corrected chi connectivity index (χ2v) is 6.61. The average Bonchev–Trinajstić information content (AvgIpc) is 3.18. The molecule has 0 aliphatic carbocycles. The summed E-state index contributed by atoms with van der Waals surface area (Å²) in [5, 5.41) is 18.3. The number of aromatic nitrogens is 5. The molecule has 0 aliphatic heterocycles. The summed E-state index contributed by atoms with van der Waals surface area (Å²) in [6.45, 7) is -1.95. The lowest BCUT2D eigenvalue weighted by Crippen LogP contribution is -2.33. The summed E-state index contributed by atoms with van der Waals surface area (Å²) in [7, 11) is 3.07. The average molecular weight is 453 g/mol. The Morgan fingerprint density at radius 1 is 1.28 bits per heavy atom. The van der Waals surface area contributed by atoms with Crippen LogP contribution in [0.3, 0.4) is 0 Å². The van der Waals surface area contributed by atoms with Crippen molar-refractivity contribution in [1.29, 1.82) is 0 Å². The number of carbonyl (C=O) groups is 1. The molecule has 0 saturated carbocycles. The summed E-state index contributed by atoms with van der Waals surface area (Å²) in [5.74, 6) is -0.820. The first-order chi connectivity index (χ1) is 16.3. The van der Waals surface area contributed by atoms with Crippen molar-refractivity contribution in [1.82, 2.24) is 30.3 Å². The van der Waals surface area contributed by atoms with Crippen LogP contribution in [-0.2, 0) is 7.05 Å². The number of alkyl halides is 3. The van der Waals surface area contributed by atoms with E-state index in [0.29, 0.717) is 11.4 Å². The van der Waals surface area contributed by atoms with E-state index in [1.54, 1.807) is 30.6 Å². The van der Waals surface area contributed by atoms with Crippen molar-refractivity contribution in [3.63, 3.8) is 0 Å². The fourth-order valence-electron chi connectivity index (χ4n) is 2.73. The molecule has 1 atom stereocenters. The maximum absolute atomic E-state index is 13.0. The highest BCUT2D eigenvalue weighted by atomic mass is 19.4. The van der Waals surface area contributed by atoms with Crippen LogP contribution in [0.1, 0.15) is 21.5 Å². The summed E-state index contributed by atoms with van der Waals surface area (Å²) in [6.07, 6.45) is -3.08. The van der Waals surface area contributed by atoms with Crippen LogP contribution < -0.4 is 20.7 Å². The number of hydrogen-bond donors (Lipinski definition) is 3. The van der Waals surface area contributed by atoms with E-state index >= 15 is 0 Å². The molecule has 2 aromatic heterocycles. The maximum Gasteiger partial charge on any atom is 0.408 e. The molecular weight excluding hydrogens is 429 g/mol. The van der Waals surface area contributed by atoms with Gasteiger partial charge in [-0.1, -0.05) is 6.07 Å². The van der Waals surface area contributed by atoms with Gasteiger partial charge in [0.15, 0.2) is 23.1 Å². The number of rotatable bonds is 7. The molecule has 10 nitrogen and oxygen atoms in total. The Kier molecular flexibility index (Phi) is 5.34. The Bertz CT molecular complexity index is 1220. The number of benzene rings is 1. The number of carbonyl (C=O) groups excluding carboxylic acids is 1. The number of para-hydroxylation sites is 1. The number of hydrogen-bond acceptors (Lipinski definition) is 8. The van der Waals surface area contributed by atoms with Crippen LogP contribution in [0.4, 0.5) is 30.4 Å². The normalized spacial score (nSPS) is 14.0. The zero-order chi connectivity index (χ0) is 26.0. The van der Waals surface area contributed by atoms with Gasteiger partial charge in [0, 0.05) is 24.2 Å². The Morgan fingerprint density at radius 2 is 2.06 bits per heavy atom. The van der Waals surface area contributed by atoms with E-state index in [-0.39, 0.29) is 22.9 Å². The van der Waals surface area contributed by atoms with E-state index in [1.807, 2.05) is 0 Å². The number of nitrogens with one attached hydrogen (secondary N) is 3. The predicted octanol–water partition coefficient (Wildman–Crippen LogP) is 2.75. The van der Waals surface area contributed by atoms with E-state index in [4.69, 9.17) is 8.85 Å². The van der Waals surface area contributed by atoms with Gasteiger partial charge in [0.05, 0.1) is 24.0 Å². The summed E-state index contributed by atoms with van der Waals surface area (Å²) in [5.41, 5.74) is 0.179. The first-order valence-corrected chi connectivity index (χ1v) is 9.12. The van der Waals surface area contributed by atoms with Crippen molar-refractivity contribution in [3.05, 3.63) is 36.3 Å². The molecular formula is C19H21F3N8O2. The summed E-state index contributed by atoms with van der Waals surface area (Å²) in [6, 6.07) is 4.03. The highest BCUT2D eigenvalue weighted by molar-refractivity contribution is 5.98. The van der Waals surface area contributed by atoms with Crippen LogP contribution in [0, 0.1) is 0 Å². The Morgan fingerprint density at radius 3 is 2.69 bits per heavy atom. The van der Waals surface area contributed by atoms with Gasteiger partial charge in [-0.2, -0.15) is 18.3 Å². The van der Waals surface area contributed by atoms with Crippen molar-refractivity contribution in [2.24, 2.45) is 7.05 Å². The van der Waals surface area contributed by atoms with Crippen molar-refractivity contribution in [3.8, 4) is 17.1 Å². The van der Waals surface area contributed by atoms with E-state index in [9.17, 15) is 18.0 Å². The van der Waals surface area contributed by atoms with Crippen LogP contribution in [0.15, 0.2) is 30.6 Å². The molecule has 3 aromatic rings. The number of anilines is 3. The number of methoxy groups -OCH3 is 1. The molecule has 13 heteroatoms. The lowest BCUT2D eigenvalue weighted by molar-refractivity contribution is -0.138. The molecule has 1 aromatic carbocycles. The Balaban J connectivity index is 2.06. The zero-order valence-corrected chi connectivity index (χ0v) is 17.2. The molecule has 32 heavy (non-hydrogen) atoms. The van der Waals surface area contributed by atoms with E-state index in [2.05, 4.69) is 30.9 Å². The molecule has 170 valence electrons. The van der Waals surface area contributed by atoms with E-state index in [1.165, 1.54) is 18.1 Å². The molecule has 0 spiro atoms. The molecule has 0 fully saturated rings. The van der Waals surface area contributed by atoms with Crippen molar-refractivity contribution < 1.29 is 26.8 Å². The molecule has 0 unspecified atom stereocenters. The third-order valence-electron chi connectivity index (χ3n) is 4.31. The number of nitrogens with zero attached hydrogens (tertiary/aromatic N) is 5. The first kappa shape index (κ1) is 18.8. The van der Waals surface area contributed by atoms with Gasteiger partial charge in [0.1, 0.15) is 12.4 Å². The van der Waals surface area contributed by atoms with E-state index in [0.717, 1.165) is 13.0 Å². The number of ether oxygens (including phenoxy) is 1. The minimum atomic E-state index is -4.57. The second kappa shape index (κ2) is 9.08. The van der Waals surface area contributed by atoms with Crippen LogP contribution >= 0.6 is 0 Å². The first-order valence-electron chi connectivity index (χ1n) is 10.6. The van der Waals surface area contributed by atoms with Gasteiger partial charge in [-0.25, -0.2) is 4.98 Å². The monoisotopic (exact) mass is 453 g/mol. The fourth-order valence-corrected chi connectivity index (χ4v) is 2.73. The summed E-state index contributed by atoms with van der Waals surface area (Å²) >= 11 is 0. The third-order valence-corrected chi connectivity index (χ3v) is 4.31. The lowest BCUT2D eigenvalue weighted by Gasteiger charge is -2.19. The predicted molar refractivity (Wildman–Crippen MR) is 111 cm³/mol. The summed E-state index contributed by atoms with van der Waals surface area (Å²) < 4.78 is 67.7. The van der Waals surface area contributed by atoms with Crippen LogP contribution in [0.5, 0.6) is 5.75 Å². The zero-order valence-electron chi connectivity index (χ0n) is 20.2. The highest BCUT2D eigenvalue weighted by Crippen LogP contribution is 2.37. The topological polar surface area (TPSA) is 119 Å². The standard InChI is InChI=1S/C19H21F3N8O2/c1-10(19(20,21)22)25-14-8-13(15(28-27-14)18(31)23-2)26-12-7-5-6-11(16(12)32-4)17-24-9-30(3)29-17/h5-10H,1-4H3,(H,23,31)(H2,25,26,27)/t10-/m0/s1/i2D3. The van der Waals surface area contributed by atoms with Gasteiger partial charge in [0.2, 0.25) is 0 Å². The minimum Gasteiger partial charge on any atom is -0.494 e. The van der Waals surface area contributed by atoms with Gasteiger partial charge >= 0.3 is 6.18 Å². The van der Waals surface area contributed by atoms with Crippen LogP contribution in [0.25, 0.3) is 11.4 Å². The van der Waals surface area contributed by atoms with Gasteiger partial charge < -0.3 is 20.7 Å². The SMILES string of the molecule is [2H]C([2H])([2H])NC(=O)c1nnc(N[C@@H](C)C(F)(F)F)cc1Nc1cccc(-c2ncn(C)n2)c1OC. The largest absolute Gasteiger partial charge is 0.494 e. The summed E-state index contributed by atoms with van der Waals surface area (Å²) in [4.78, 5) is 16.7. The highest BCUT2D eigenvalue weighted by Gasteiger charge is 2.36. The molecule has 3 rings (SSSR count). The Hall–Kier alpha value is -3.90. The maximum atomic E-state index is 13.0. The quantitative estimate of drug-likeness (QED) is 0.500. The molecule has 1 amide bonds. The molecule has 0 aliphatic rings. The van der Waals surface area contributed by atoms with Gasteiger partial charge in [-0.15, -0.1) is 10.2 Å². The number of halogens is 3. The van der Waals surface area contributed by atoms with Crippen molar-refractivity contribution in [2.45, 2.75) is 19.1 Å². The van der Waals surface area contributed by atoms with Crippen LogP contribution in [0.2, 0.25) is 0 Å². The van der Waals surface area contributed by atoms with Gasteiger partial charge in [0.25, 0.3) is 5.91 Å². The Labute approximate surface area is 185 Å². The van der Waals surface area contributed by atoms with Gasteiger partial charge in [-0.05, 0) is 19.1 Å². The third kappa shape index (κ3) is 4.87. The fraction of sp³-hybridized carbons (Fsp3) is 0.316. The molecule has 0 bridgehead atoms.